The number of hydrogen-bond acceptors (Lipinski definition) is 3. The Kier molecular flexibility index (Phi) is 7.40. The molecular weight excluding hydrogens is 422 g/mol. The molecule has 0 saturated carbocycles. The third-order valence-corrected chi connectivity index (χ3v) is 6.31. The molecule has 0 spiro atoms. The number of hydrogen-bond donors (Lipinski definition) is 1. The molecule has 1 N–H and O–H groups in total. The number of nitrogens with zero attached hydrogens (tertiary/aromatic N) is 2. The van der Waals surface area contributed by atoms with E-state index in [1.807, 2.05) is 24.3 Å². The van der Waals surface area contributed by atoms with Gasteiger partial charge in [0, 0.05) is 30.4 Å². The van der Waals surface area contributed by atoms with E-state index in [0.29, 0.717) is 23.7 Å². The van der Waals surface area contributed by atoms with E-state index in [9.17, 15) is 9.59 Å². The molecule has 1 aliphatic rings. The third kappa shape index (κ3) is 5.67. The Morgan fingerprint density at radius 2 is 1.53 bits per heavy atom. The lowest BCUT2D eigenvalue weighted by Crippen LogP contribution is -2.30. The van der Waals surface area contributed by atoms with Crippen LogP contribution in [0.25, 0.3) is 0 Å². The van der Waals surface area contributed by atoms with E-state index in [-0.39, 0.29) is 11.5 Å². The maximum Gasteiger partial charge on any atom is 0.253 e. The fourth-order valence-electron chi connectivity index (χ4n) is 4.12. The summed E-state index contributed by atoms with van der Waals surface area (Å²) in [6.07, 6.45) is 5.42. The average molecular weight is 450 g/mol. The van der Waals surface area contributed by atoms with Crippen LogP contribution in [-0.4, -0.2) is 28.5 Å². The molecule has 4 rings (SSSR count). The Bertz CT molecular complexity index is 1140. The number of halogens is 1. The first kappa shape index (κ1) is 22.3. The van der Waals surface area contributed by atoms with Crippen molar-refractivity contribution in [2.24, 2.45) is 0 Å². The maximum atomic E-state index is 12.8. The molecule has 32 heavy (non-hydrogen) atoms. The number of likely N-dealkylation sites (tertiary alicyclic amines) is 1. The standard InChI is InChI=1S/C26H28ClN3O2/c27-24-11-5-4-10-22(24)18-30-19-23(12-13-25(30)31)26(32)28-16-20-8-2-3-9-21(20)17-29-14-6-1-7-15-29/h2-5,8-13,19H,1,6-7,14-18H2,(H,28,32). The number of piperidine rings is 1. The van der Waals surface area contributed by atoms with E-state index in [1.165, 1.54) is 35.5 Å². The molecule has 1 aromatic heterocycles. The van der Waals surface area contributed by atoms with Crippen molar-refractivity contribution in [1.82, 2.24) is 14.8 Å². The normalized spacial score (nSPS) is 14.3. The first-order valence-corrected chi connectivity index (χ1v) is 11.5. The molecule has 1 saturated heterocycles. The van der Waals surface area contributed by atoms with Crippen molar-refractivity contribution in [2.45, 2.75) is 38.9 Å². The molecule has 1 fully saturated rings. The van der Waals surface area contributed by atoms with Crippen LogP contribution >= 0.6 is 11.6 Å². The quantitative estimate of drug-likeness (QED) is 0.579. The second-order valence-corrected chi connectivity index (χ2v) is 8.67. The zero-order valence-electron chi connectivity index (χ0n) is 18.1. The molecule has 1 aliphatic heterocycles. The summed E-state index contributed by atoms with van der Waals surface area (Å²) in [5.74, 6) is -0.203. The minimum Gasteiger partial charge on any atom is -0.348 e. The number of carbonyl (C=O) groups is 1. The fourth-order valence-corrected chi connectivity index (χ4v) is 4.32. The Morgan fingerprint density at radius 3 is 2.28 bits per heavy atom. The number of pyridine rings is 1. The molecule has 0 aliphatic carbocycles. The number of nitrogens with one attached hydrogen (secondary N) is 1. The minimum atomic E-state index is -0.203. The number of benzene rings is 2. The van der Waals surface area contributed by atoms with Crippen LogP contribution in [0.4, 0.5) is 0 Å². The van der Waals surface area contributed by atoms with Gasteiger partial charge in [0.25, 0.3) is 11.5 Å². The summed E-state index contributed by atoms with van der Waals surface area (Å²) in [5, 5.41) is 3.61. The zero-order valence-corrected chi connectivity index (χ0v) is 18.9. The van der Waals surface area contributed by atoms with Gasteiger partial charge in [-0.25, -0.2) is 0 Å². The summed E-state index contributed by atoms with van der Waals surface area (Å²) in [6, 6.07) is 18.7. The number of rotatable bonds is 7. The lowest BCUT2D eigenvalue weighted by Gasteiger charge is -2.27. The Balaban J connectivity index is 1.44. The van der Waals surface area contributed by atoms with E-state index in [4.69, 9.17) is 11.6 Å². The van der Waals surface area contributed by atoms with Crippen molar-refractivity contribution in [3.63, 3.8) is 0 Å². The van der Waals surface area contributed by atoms with E-state index in [0.717, 1.165) is 30.8 Å². The van der Waals surface area contributed by atoms with Gasteiger partial charge in [0.1, 0.15) is 0 Å². The predicted octanol–water partition coefficient (Wildman–Crippen LogP) is 4.47. The highest BCUT2D eigenvalue weighted by molar-refractivity contribution is 6.31. The lowest BCUT2D eigenvalue weighted by molar-refractivity contribution is 0.0950. The van der Waals surface area contributed by atoms with Crippen LogP contribution in [0.5, 0.6) is 0 Å². The van der Waals surface area contributed by atoms with E-state index < -0.39 is 0 Å². The van der Waals surface area contributed by atoms with Crippen LogP contribution in [0, 0.1) is 0 Å². The molecule has 3 aromatic rings. The van der Waals surface area contributed by atoms with Gasteiger partial charge in [0.2, 0.25) is 0 Å². The smallest absolute Gasteiger partial charge is 0.253 e. The molecule has 1 amide bonds. The Morgan fingerprint density at radius 1 is 0.844 bits per heavy atom. The van der Waals surface area contributed by atoms with Gasteiger partial charge in [-0.1, -0.05) is 60.5 Å². The SMILES string of the molecule is O=C(NCc1ccccc1CN1CCCCC1)c1ccc(=O)n(Cc2ccccc2Cl)c1. The van der Waals surface area contributed by atoms with Crippen LogP contribution < -0.4 is 10.9 Å². The highest BCUT2D eigenvalue weighted by atomic mass is 35.5. The molecule has 0 radical (unpaired) electrons. The van der Waals surface area contributed by atoms with Gasteiger partial charge < -0.3 is 9.88 Å². The van der Waals surface area contributed by atoms with Crippen LogP contribution in [0.15, 0.2) is 71.7 Å². The van der Waals surface area contributed by atoms with Crippen LogP contribution in [0.2, 0.25) is 5.02 Å². The van der Waals surface area contributed by atoms with E-state index in [2.05, 4.69) is 28.4 Å². The predicted molar refractivity (Wildman–Crippen MR) is 128 cm³/mol. The highest BCUT2D eigenvalue weighted by Crippen LogP contribution is 2.17. The number of carbonyl (C=O) groups excluding carboxylic acids is 1. The molecule has 0 bridgehead atoms. The van der Waals surface area contributed by atoms with Gasteiger partial charge in [-0.05, 0) is 54.8 Å². The highest BCUT2D eigenvalue weighted by Gasteiger charge is 2.14. The second-order valence-electron chi connectivity index (χ2n) is 8.26. The second kappa shape index (κ2) is 10.6. The van der Waals surface area contributed by atoms with Crippen molar-refractivity contribution in [1.29, 1.82) is 0 Å². The van der Waals surface area contributed by atoms with Crippen molar-refractivity contribution in [3.8, 4) is 0 Å². The minimum absolute atomic E-state index is 0.173. The lowest BCUT2D eigenvalue weighted by atomic mass is 10.0. The Labute approximate surface area is 193 Å². The number of aromatic nitrogens is 1. The summed E-state index contributed by atoms with van der Waals surface area (Å²) in [7, 11) is 0. The Hall–Kier alpha value is -2.89. The summed E-state index contributed by atoms with van der Waals surface area (Å²) < 4.78 is 1.51. The molecule has 2 heterocycles. The first-order valence-electron chi connectivity index (χ1n) is 11.1. The molecule has 6 heteroatoms. The van der Waals surface area contributed by atoms with Gasteiger partial charge in [-0.15, -0.1) is 0 Å². The van der Waals surface area contributed by atoms with E-state index in [1.54, 1.807) is 18.3 Å². The van der Waals surface area contributed by atoms with Gasteiger partial charge in [-0.3, -0.25) is 14.5 Å². The van der Waals surface area contributed by atoms with Crippen molar-refractivity contribution < 1.29 is 4.79 Å². The summed E-state index contributed by atoms with van der Waals surface area (Å²) in [5.41, 5.74) is 3.48. The molecule has 2 aromatic carbocycles. The summed E-state index contributed by atoms with van der Waals surface area (Å²) in [6.45, 7) is 3.95. The van der Waals surface area contributed by atoms with Gasteiger partial charge in [-0.2, -0.15) is 0 Å². The largest absolute Gasteiger partial charge is 0.348 e. The third-order valence-electron chi connectivity index (χ3n) is 5.94. The van der Waals surface area contributed by atoms with Crippen LogP contribution in [-0.2, 0) is 19.6 Å². The van der Waals surface area contributed by atoms with Gasteiger partial charge >= 0.3 is 0 Å². The molecular formula is C26H28ClN3O2. The summed E-state index contributed by atoms with van der Waals surface area (Å²) in [4.78, 5) is 27.6. The molecule has 166 valence electrons. The summed E-state index contributed by atoms with van der Waals surface area (Å²) >= 11 is 6.23. The fraction of sp³-hybridized carbons (Fsp3) is 0.308. The number of amides is 1. The van der Waals surface area contributed by atoms with Crippen molar-refractivity contribution in [2.75, 3.05) is 13.1 Å². The average Bonchev–Trinajstić information content (AvgIpc) is 2.82. The zero-order chi connectivity index (χ0) is 22.3. The van der Waals surface area contributed by atoms with Crippen LogP contribution in [0.1, 0.15) is 46.3 Å². The maximum absolute atomic E-state index is 12.8. The monoisotopic (exact) mass is 449 g/mol. The first-order chi connectivity index (χ1) is 15.6. The van der Waals surface area contributed by atoms with Gasteiger partial charge in [0.05, 0.1) is 12.1 Å². The molecule has 5 nitrogen and oxygen atoms in total. The van der Waals surface area contributed by atoms with Gasteiger partial charge in [0.15, 0.2) is 0 Å². The van der Waals surface area contributed by atoms with Crippen molar-refractivity contribution >= 4 is 17.5 Å². The van der Waals surface area contributed by atoms with Crippen molar-refractivity contribution in [3.05, 3.63) is 104 Å². The van der Waals surface area contributed by atoms with Crippen LogP contribution in [0.3, 0.4) is 0 Å². The molecule has 0 unspecified atom stereocenters. The molecule has 0 atom stereocenters. The van der Waals surface area contributed by atoms with E-state index >= 15 is 0 Å². The topological polar surface area (TPSA) is 54.3 Å².